The first-order valence-electron chi connectivity index (χ1n) is 5.08. The van der Waals surface area contributed by atoms with Crippen LogP contribution in [0.3, 0.4) is 0 Å². The zero-order valence-corrected chi connectivity index (χ0v) is 8.98. The van der Waals surface area contributed by atoms with E-state index in [4.69, 9.17) is 0 Å². The molecule has 1 aliphatic heterocycles. The molecule has 84 valence electrons. The second-order valence-corrected chi connectivity index (χ2v) is 3.91. The van der Waals surface area contributed by atoms with Crippen molar-refractivity contribution in [2.45, 2.75) is 0 Å². The molecule has 0 radical (unpaired) electrons. The summed E-state index contributed by atoms with van der Waals surface area (Å²) in [6.07, 6.45) is 0. The number of imide groups is 1. The van der Waals surface area contributed by atoms with Gasteiger partial charge < -0.3 is 4.57 Å². The highest BCUT2D eigenvalue weighted by Gasteiger charge is 2.32. The number of rotatable bonds is 0. The summed E-state index contributed by atoms with van der Waals surface area (Å²) in [5.41, 5.74) is 0.327. The molecule has 2 aromatic rings. The van der Waals surface area contributed by atoms with Gasteiger partial charge in [-0.05, 0) is 12.1 Å². The van der Waals surface area contributed by atoms with E-state index in [1.54, 1.807) is 35.9 Å². The molecule has 5 nitrogen and oxygen atoms in total. The van der Waals surface area contributed by atoms with Crippen LogP contribution in [-0.4, -0.2) is 16.4 Å². The van der Waals surface area contributed by atoms with Crippen molar-refractivity contribution in [3.05, 3.63) is 45.7 Å². The fourth-order valence-electron chi connectivity index (χ4n) is 2.19. The molecule has 2 amide bonds. The third-order valence-electron chi connectivity index (χ3n) is 2.98. The third kappa shape index (κ3) is 1.10. The fraction of sp³-hybridized carbons (Fsp3) is 0.0833. The van der Waals surface area contributed by atoms with Gasteiger partial charge in [0, 0.05) is 12.4 Å². The van der Waals surface area contributed by atoms with Crippen LogP contribution in [0.15, 0.2) is 29.1 Å². The molecular formula is C12H8N2O3. The number of carbonyl (C=O) groups is 2. The summed E-state index contributed by atoms with van der Waals surface area (Å²) in [5, 5.41) is 2.58. The summed E-state index contributed by atoms with van der Waals surface area (Å²) in [6, 6.07) is 6.90. The molecule has 5 heteroatoms. The molecule has 0 aliphatic carbocycles. The fourth-order valence-corrected chi connectivity index (χ4v) is 2.19. The highest BCUT2D eigenvalue weighted by atomic mass is 16.2. The van der Waals surface area contributed by atoms with Gasteiger partial charge in [0.2, 0.25) is 5.43 Å². The molecule has 0 spiro atoms. The van der Waals surface area contributed by atoms with Crippen LogP contribution >= 0.6 is 0 Å². The van der Waals surface area contributed by atoms with Gasteiger partial charge in [0.1, 0.15) is 11.3 Å². The van der Waals surface area contributed by atoms with Gasteiger partial charge in [0.25, 0.3) is 11.8 Å². The van der Waals surface area contributed by atoms with Crippen molar-refractivity contribution in [2.75, 3.05) is 0 Å². The number of hydrogen-bond acceptors (Lipinski definition) is 3. The second-order valence-electron chi connectivity index (χ2n) is 3.91. The Labute approximate surface area is 95.7 Å². The molecule has 1 aliphatic rings. The number of pyridine rings is 1. The van der Waals surface area contributed by atoms with Crippen LogP contribution in [0, 0.1) is 0 Å². The summed E-state index contributed by atoms with van der Waals surface area (Å²) < 4.78 is 1.58. The molecule has 3 rings (SSSR count). The lowest BCUT2D eigenvalue weighted by molar-refractivity contribution is 0.0877. The number of carbonyl (C=O) groups excluding carboxylic acids is 2. The van der Waals surface area contributed by atoms with Crippen molar-refractivity contribution in [3.63, 3.8) is 0 Å². The minimum Gasteiger partial charge on any atom is -0.339 e. The van der Waals surface area contributed by atoms with Gasteiger partial charge in [-0.3, -0.25) is 19.7 Å². The molecule has 0 saturated heterocycles. The molecule has 0 unspecified atom stereocenters. The van der Waals surface area contributed by atoms with Crippen LogP contribution in [0.25, 0.3) is 10.9 Å². The van der Waals surface area contributed by atoms with Gasteiger partial charge in [0.15, 0.2) is 0 Å². The average Bonchev–Trinajstić information content (AvgIpc) is 2.62. The van der Waals surface area contributed by atoms with Crippen molar-refractivity contribution in [1.29, 1.82) is 0 Å². The average molecular weight is 228 g/mol. The normalized spacial score (nSPS) is 13.9. The molecule has 2 heterocycles. The number of nitrogens with zero attached hydrogens (tertiary/aromatic N) is 1. The Hall–Kier alpha value is -2.43. The number of benzene rings is 1. The maximum atomic E-state index is 12.1. The number of fused-ring (bicyclic) bond motifs is 2. The maximum absolute atomic E-state index is 12.1. The number of nitrogens with one attached hydrogen (secondary N) is 1. The minimum absolute atomic E-state index is 0.0591. The van der Waals surface area contributed by atoms with Crippen LogP contribution < -0.4 is 10.7 Å². The Bertz CT molecular complexity index is 743. The molecular weight excluding hydrogens is 220 g/mol. The van der Waals surface area contributed by atoms with Crippen molar-refractivity contribution >= 4 is 22.7 Å². The zero-order chi connectivity index (χ0) is 12.2. The zero-order valence-electron chi connectivity index (χ0n) is 8.98. The van der Waals surface area contributed by atoms with E-state index in [2.05, 4.69) is 5.32 Å². The van der Waals surface area contributed by atoms with Gasteiger partial charge in [-0.15, -0.1) is 0 Å². The summed E-state index contributed by atoms with van der Waals surface area (Å²) in [5.74, 6) is -1.13. The number of hydrogen-bond donors (Lipinski definition) is 1. The van der Waals surface area contributed by atoms with Crippen LogP contribution in [0.2, 0.25) is 0 Å². The predicted octanol–water partition coefficient (Wildman–Crippen LogP) is 0.422. The molecule has 0 saturated carbocycles. The number of amides is 2. The van der Waals surface area contributed by atoms with Crippen molar-refractivity contribution in [3.8, 4) is 0 Å². The Morgan fingerprint density at radius 3 is 2.53 bits per heavy atom. The molecule has 0 atom stereocenters. The lowest BCUT2D eigenvalue weighted by atomic mass is 10.1. The largest absolute Gasteiger partial charge is 0.339 e. The summed E-state index contributed by atoms with van der Waals surface area (Å²) in [7, 11) is 1.67. The monoisotopic (exact) mass is 228 g/mol. The highest BCUT2D eigenvalue weighted by Crippen LogP contribution is 2.18. The van der Waals surface area contributed by atoms with E-state index in [1.165, 1.54) is 0 Å². The topological polar surface area (TPSA) is 68.2 Å². The Morgan fingerprint density at radius 2 is 1.76 bits per heavy atom. The van der Waals surface area contributed by atoms with Gasteiger partial charge in [-0.2, -0.15) is 0 Å². The van der Waals surface area contributed by atoms with Gasteiger partial charge >= 0.3 is 0 Å². The Kier molecular flexibility index (Phi) is 1.75. The molecule has 1 aromatic heterocycles. The molecule has 17 heavy (non-hydrogen) atoms. The summed E-state index contributed by atoms with van der Waals surface area (Å²) in [4.78, 5) is 35.3. The first kappa shape index (κ1) is 9.77. The Morgan fingerprint density at radius 1 is 1.06 bits per heavy atom. The first-order valence-corrected chi connectivity index (χ1v) is 5.08. The van der Waals surface area contributed by atoms with Gasteiger partial charge in [-0.25, -0.2) is 0 Å². The molecule has 0 bridgehead atoms. The lowest BCUT2D eigenvalue weighted by Crippen LogP contribution is -2.22. The lowest BCUT2D eigenvalue weighted by Gasteiger charge is -2.08. The SMILES string of the molecule is Cn1c2c(c(=O)c3ccccc31)C(=O)NC2=O. The van der Waals surface area contributed by atoms with Crippen LogP contribution in [0.4, 0.5) is 0 Å². The number of aromatic nitrogens is 1. The number of aryl methyl sites for hydroxylation is 1. The standard InChI is InChI=1S/C12H8N2O3/c1-14-7-5-3-2-4-6(7)10(15)8-9(14)12(17)13-11(8)16/h2-5H,1H3,(H,13,16,17). The molecule has 1 N–H and O–H groups in total. The smallest absolute Gasteiger partial charge is 0.275 e. The maximum Gasteiger partial charge on any atom is 0.275 e. The quantitative estimate of drug-likeness (QED) is 0.664. The van der Waals surface area contributed by atoms with Crippen LogP contribution in [0.5, 0.6) is 0 Å². The second kappa shape index (κ2) is 3.04. The minimum atomic E-state index is -0.614. The van der Waals surface area contributed by atoms with E-state index >= 15 is 0 Å². The van der Waals surface area contributed by atoms with Gasteiger partial charge in [0.05, 0.1) is 5.52 Å². The van der Waals surface area contributed by atoms with Crippen LogP contribution in [0.1, 0.15) is 20.8 Å². The van der Waals surface area contributed by atoms with E-state index in [1.807, 2.05) is 0 Å². The van der Waals surface area contributed by atoms with E-state index in [-0.39, 0.29) is 11.3 Å². The summed E-state index contributed by atoms with van der Waals surface area (Å²) >= 11 is 0. The van der Waals surface area contributed by atoms with E-state index < -0.39 is 17.2 Å². The number of para-hydroxylation sites is 1. The predicted molar refractivity (Wildman–Crippen MR) is 61.0 cm³/mol. The van der Waals surface area contributed by atoms with Gasteiger partial charge in [-0.1, -0.05) is 12.1 Å². The van der Waals surface area contributed by atoms with Crippen molar-refractivity contribution < 1.29 is 9.59 Å². The molecule has 1 aromatic carbocycles. The Balaban J connectivity index is 2.63. The van der Waals surface area contributed by atoms with E-state index in [0.29, 0.717) is 10.9 Å². The summed E-state index contributed by atoms with van der Waals surface area (Å²) in [6.45, 7) is 0. The first-order chi connectivity index (χ1) is 8.11. The van der Waals surface area contributed by atoms with E-state index in [9.17, 15) is 14.4 Å². The highest BCUT2D eigenvalue weighted by molar-refractivity contribution is 6.21. The van der Waals surface area contributed by atoms with Crippen molar-refractivity contribution in [1.82, 2.24) is 9.88 Å². The van der Waals surface area contributed by atoms with E-state index in [0.717, 1.165) is 0 Å². The molecule has 0 fully saturated rings. The van der Waals surface area contributed by atoms with Crippen molar-refractivity contribution in [2.24, 2.45) is 7.05 Å². The van der Waals surface area contributed by atoms with Crippen LogP contribution in [-0.2, 0) is 7.05 Å². The third-order valence-corrected chi connectivity index (χ3v) is 2.98.